The minimum Gasteiger partial charge on any atom is -0.494 e. The number of carbonyl (C=O) groups excluding carboxylic acids is 1. The molecule has 0 spiro atoms. The van der Waals surface area contributed by atoms with Gasteiger partial charge in [-0.25, -0.2) is 9.37 Å². The first-order chi connectivity index (χ1) is 19.2. The molecule has 208 valence electrons. The van der Waals surface area contributed by atoms with Crippen molar-refractivity contribution in [2.45, 2.75) is 64.7 Å². The number of nitrogens with zero attached hydrogens (tertiary/aromatic N) is 2. The van der Waals surface area contributed by atoms with E-state index in [1.165, 1.54) is 12.1 Å². The summed E-state index contributed by atoms with van der Waals surface area (Å²) in [5.74, 6) is 0.250. The van der Waals surface area contributed by atoms with Gasteiger partial charge in [0.05, 0.1) is 29.4 Å². The van der Waals surface area contributed by atoms with Crippen LogP contribution in [-0.4, -0.2) is 23.0 Å². The Kier molecular flexibility index (Phi) is 8.09. The molecule has 2 atom stereocenters. The summed E-state index contributed by atoms with van der Waals surface area (Å²) >= 11 is 6.42. The van der Waals surface area contributed by atoms with Crippen molar-refractivity contribution in [3.8, 4) is 17.0 Å². The maximum atomic E-state index is 13.8. The molecular formula is C33H35ClFN3O2. The van der Waals surface area contributed by atoms with Crippen molar-refractivity contribution >= 4 is 28.4 Å². The minimum atomic E-state index is -0.423. The summed E-state index contributed by atoms with van der Waals surface area (Å²) < 4.78 is 19.6. The molecular weight excluding hydrogens is 525 g/mol. The van der Waals surface area contributed by atoms with E-state index < -0.39 is 5.92 Å². The van der Waals surface area contributed by atoms with E-state index in [4.69, 9.17) is 27.1 Å². The van der Waals surface area contributed by atoms with Crippen LogP contribution in [0.15, 0.2) is 48.5 Å². The van der Waals surface area contributed by atoms with E-state index in [0.717, 1.165) is 69.5 Å². The number of halogens is 2. The third-order valence-corrected chi connectivity index (χ3v) is 8.48. The summed E-state index contributed by atoms with van der Waals surface area (Å²) in [6.07, 6.45) is 4.26. The van der Waals surface area contributed by atoms with Crippen LogP contribution in [0, 0.1) is 18.7 Å². The number of primary amides is 1. The highest BCUT2D eigenvalue weighted by Crippen LogP contribution is 2.46. The predicted molar refractivity (Wildman–Crippen MR) is 158 cm³/mol. The van der Waals surface area contributed by atoms with Crippen molar-refractivity contribution in [2.75, 3.05) is 7.11 Å². The topological polar surface area (TPSA) is 78.1 Å². The number of rotatable bonds is 10. The highest BCUT2D eigenvalue weighted by Gasteiger charge is 2.35. The van der Waals surface area contributed by atoms with Gasteiger partial charge in [0.25, 0.3) is 0 Å². The maximum absolute atomic E-state index is 13.8. The van der Waals surface area contributed by atoms with Crippen LogP contribution in [0.5, 0.6) is 5.75 Å². The molecule has 1 saturated carbocycles. The van der Waals surface area contributed by atoms with Crippen LogP contribution < -0.4 is 10.5 Å². The van der Waals surface area contributed by atoms with Gasteiger partial charge in [-0.2, -0.15) is 0 Å². The van der Waals surface area contributed by atoms with Crippen LogP contribution in [0.2, 0.25) is 5.02 Å². The normalized spacial score (nSPS) is 14.8. The molecule has 2 N–H and O–H groups in total. The number of amides is 1. The van der Waals surface area contributed by atoms with Crippen molar-refractivity contribution in [2.24, 2.45) is 11.7 Å². The van der Waals surface area contributed by atoms with Gasteiger partial charge in [-0.15, -0.1) is 0 Å². The van der Waals surface area contributed by atoms with Gasteiger partial charge in [0.15, 0.2) is 0 Å². The molecule has 0 saturated heterocycles. The lowest BCUT2D eigenvalue weighted by Crippen LogP contribution is -2.23. The molecule has 1 amide bonds. The molecule has 2 aromatic carbocycles. The first-order valence-corrected chi connectivity index (χ1v) is 14.3. The molecule has 1 aliphatic rings. The summed E-state index contributed by atoms with van der Waals surface area (Å²) in [5.41, 5.74) is 13.0. The van der Waals surface area contributed by atoms with Gasteiger partial charge < -0.3 is 10.5 Å². The zero-order chi connectivity index (χ0) is 28.6. The summed E-state index contributed by atoms with van der Waals surface area (Å²) in [4.78, 5) is 22.5. The fourth-order valence-corrected chi connectivity index (χ4v) is 5.98. The lowest BCUT2D eigenvalue weighted by Gasteiger charge is -2.24. The Morgan fingerprint density at radius 3 is 2.45 bits per heavy atom. The molecule has 1 fully saturated rings. The number of benzene rings is 2. The SMILES string of the molecule is CCc1c(C(CC)C(N)=O)cc(C(Cc2cc(OC)c3nc(C)c(Cl)cc3c2)C2CC2)nc1-c1ccc(F)cc1. The number of hydrogen-bond donors (Lipinski definition) is 1. The second kappa shape index (κ2) is 11.5. The summed E-state index contributed by atoms with van der Waals surface area (Å²) in [7, 11) is 1.66. The standard InChI is InChI=1S/C33H35ClFN3O2/c1-5-24-27(25(6-2)33(36)39)17-29(38-31(24)21-9-11-23(35)12-10-21)26(20-7-8-20)14-19-13-22-16-28(34)18(3)37-32(22)30(15-19)40-4/h9-13,15-17,20,25-26H,5-8,14H2,1-4H3,(H2,36,39). The average Bonchev–Trinajstić information content (AvgIpc) is 3.78. The number of ether oxygens (including phenoxy) is 1. The van der Waals surface area contributed by atoms with E-state index in [0.29, 0.717) is 29.5 Å². The molecule has 0 radical (unpaired) electrons. The zero-order valence-corrected chi connectivity index (χ0v) is 24.2. The highest BCUT2D eigenvalue weighted by molar-refractivity contribution is 6.31. The number of aryl methyl sites for hydroxylation is 1. The molecule has 5 rings (SSSR count). The third-order valence-electron chi connectivity index (χ3n) is 8.09. The van der Waals surface area contributed by atoms with Crippen molar-refractivity contribution < 1.29 is 13.9 Å². The van der Waals surface area contributed by atoms with Gasteiger partial charge >= 0.3 is 0 Å². The second-order valence-corrected chi connectivity index (χ2v) is 11.2. The van der Waals surface area contributed by atoms with Gasteiger partial charge in [0, 0.05) is 22.6 Å². The molecule has 40 heavy (non-hydrogen) atoms. The minimum absolute atomic E-state index is 0.130. The van der Waals surface area contributed by atoms with Crippen LogP contribution >= 0.6 is 11.6 Å². The molecule has 0 aliphatic heterocycles. The summed E-state index contributed by atoms with van der Waals surface area (Å²) in [5, 5.41) is 1.55. The van der Waals surface area contributed by atoms with E-state index in [2.05, 4.69) is 30.1 Å². The smallest absolute Gasteiger partial charge is 0.224 e. The van der Waals surface area contributed by atoms with Gasteiger partial charge in [-0.1, -0.05) is 25.4 Å². The fourth-order valence-electron chi connectivity index (χ4n) is 5.82. The lowest BCUT2D eigenvalue weighted by atomic mass is 9.84. The Hall–Kier alpha value is -3.51. The highest BCUT2D eigenvalue weighted by atomic mass is 35.5. The Labute approximate surface area is 239 Å². The fraction of sp³-hybridized carbons (Fsp3) is 0.364. The van der Waals surface area contributed by atoms with Crippen molar-refractivity contribution in [3.05, 3.63) is 87.4 Å². The zero-order valence-electron chi connectivity index (χ0n) is 23.4. The monoisotopic (exact) mass is 559 g/mol. The Morgan fingerprint density at radius 1 is 1.12 bits per heavy atom. The number of aromatic nitrogens is 2. The van der Waals surface area contributed by atoms with Crippen LogP contribution in [0.3, 0.4) is 0 Å². The summed E-state index contributed by atoms with van der Waals surface area (Å²) in [6, 6.07) is 14.7. The van der Waals surface area contributed by atoms with E-state index in [1.54, 1.807) is 19.2 Å². The van der Waals surface area contributed by atoms with E-state index in [-0.39, 0.29) is 17.6 Å². The average molecular weight is 560 g/mol. The Morgan fingerprint density at radius 2 is 1.85 bits per heavy atom. The van der Waals surface area contributed by atoms with Crippen molar-refractivity contribution in [1.82, 2.24) is 9.97 Å². The summed E-state index contributed by atoms with van der Waals surface area (Å²) in [6.45, 7) is 5.92. The Bertz CT molecular complexity index is 1570. The first-order valence-electron chi connectivity index (χ1n) is 14.0. The molecule has 7 heteroatoms. The number of nitrogens with two attached hydrogens (primary N) is 1. The van der Waals surface area contributed by atoms with Crippen LogP contribution in [-0.2, 0) is 17.6 Å². The molecule has 2 unspecified atom stereocenters. The number of methoxy groups -OCH3 is 1. The van der Waals surface area contributed by atoms with Gasteiger partial charge in [-0.05, 0) is 110 Å². The molecule has 0 bridgehead atoms. The number of hydrogen-bond acceptors (Lipinski definition) is 4. The van der Waals surface area contributed by atoms with Gasteiger partial charge in [-0.3, -0.25) is 9.78 Å². The number of pyridine rings is 2. The van der Waals surface area contributed by atoms with Gasteiger partial charge in [0.1, 0.15) is 17.1 Å². The molecule has 4 aromatic rings. The van der Waals surface area contributed by atoms with Crippen molar-refractivity contribution in [3.63, 3.8) is 0 Å². The quantitative estimate of drug-likeness (QED) is 0.216. The number of fused-ring (bicyclic) bond motifs is 1. The maximum Gasteiger partial charge on any atom is 0.224 e. The molecule has 2 heterocycles. The second-order valence-electron chi connectivity index (χ2n) is 10.8. The largest absolute Gasteiger partial charge is 0.494 e. The van der Waals surface area contributed by atoms with Gasteiger partial charge in [0.2, 0.25) is 5.91 Å². The number of carbonyl (C=O) groups is 1. The lowest BCUT2D eigenvalue weighted by molar-refractivity contribution is -0.119. The van der Waals surface area contributed by atoms with Crippen LogP contribution in [0.1, 0.15) is 73.0 Å². The van der Waals surface area contributed by atoms with E-state index in [1.807, 2.05) is 19.9 Å². The van der Waals surface area contributed by atoms with Crippen LogP contribution in [0.4, 0.5) is 4.39 Å². The predicted octanol–water partition coefficient (Wildman–Crippen LogP) is 7.68. The molecule has 5 nitrogen and oxygen atoms in total. The molecule has 2 aromatic heterocycles. The third kappa shape index (κ3) is 5.55. The van der Waals surface area contributed by atoms with Crippen molar-refractivity contribution in [1.29, 1.82) is 0 Å². The van der Waals surface area contributed by atoms with E-state index >= 15 is 0 Å². The van der Waals surface area contributed by atoms with Crippen LogP contribution in [0.25, 0.3) is 22.2 Å². The Balaban J connectivity index is 1.66. The molecule has 1 aliphatic carbocycles. The van der Waals surface area contributed by atoms with E-state index in [9.17, 15) is 9.18 Å². The first kappa shape index (κ1) is 28.0.